The predicted molar refractivity (Wildman–Crippen MR) is 103 cm³/mol. The van der Waals surface area contributed by atoms with Crippen molar-refractivity contribution in [3.05, 3.63) is 46.9 Å². The number of methoxy groups -OCH3 is 1. The monoisotopic (exact) mass is 425 g/mol. The first-order valence-electron chi connectivity index (χ1n) is 7.92. The number of rotatable bonds is 5. The third kappa shape index (κ3) is 4.26. The number of nitrogens with zero attached hydrogens (tertiary/aromatic N) is 1. The standard InChI is InChI=1S/C17H20BrN3O3S/c1-24-17-7-6-15(12-16(17)21-10-8-19-9-11-21)25(22,23)20-14-4-2-13(18)3-5-14/h2-7,12,19-20H,8-11H2,1H3. The van der Waals surface area contributed by atoms with Gasteiger partial charge in [0, 0.05) is 36.3 Å². The second-order valence-corrected chi connectivity index (χ2v) is 8.28. The average molecular weight is 426 g/mol. The zero-order valence-corrected chi connectivity index (χ0v) is 16.2. The highest BCUT2D eigenvalue weighted by molar-refractivity contribution is 9.10. The van der Waals surface area contributed by atoms with E-state index in [1.807, 2.05) is 0 Å². The van der Waals surface area contributed by atoms with E-state index < -0.39 is 10.0 Å². The topological polar surface area (TPSA) is 70.7 Å². The van der Waals surface area contributed by atoms with E-state index in [2.05, 4.69) is 30.9 Å². The van der Waals surface area contributed by atoms with E-state index in [0.29, 0.717) is 11.4 Å². The van der Waals surface area contributed by atoms with Crippen molar-refractivity contribution in [1.82, 2.24) is 5.32 Å². The molecule has 1 aliphatic heterocycles. The van der Waals surface area contributed by atoms with Gasteiger partial charge in [-0.2, -0.15) is 0 Å². The Balaban J connectivity index is 1.91. The van der Waals surface area contributed by atoms with Crippen LogP contribution in [-0.2, 0) is 10.0 Å². The molecule has 1 fully saturated rings. The number of halogens is 1. The van der Waals surface area contributed by atoms with Crippen LogP contribution >= 0.6 is 15.9 Å². The first-order chi connectivity index (χ1) is 12.0. The number of ether oxygens (including phenoxy) is 1. The van der Waals surface area contributed by atoms with Crippen LogP contribution in [-0.4, -0.2) is 41.7 Å². The number of anilines is 2. The molecule has 0 radical (unpaired) electrons. The van der Waals surface area contributed by atoms with Gasteiger partial charge in [0.15, 0.2) is 0 Å². The van der Waals surface area contributed by atoms with Gasteiger partial charge in [0.05, 0.1) is 17.7 Å². The van der Waals surface area contributed by atoms with Gasteiger partial charge >= 0.3 is 0 Å². The Morgan fingerprint density at radius 3 is 2.44 bits per heavy atom. The molecule has 25 heavy (non-hydrogen) atoms. The SMILES string of the molecule is COc1ccc(S(=O)(=O)Nc2ccc(Br)cc2)cc1N1CCNCC1. The Morgan fingerprint density at radius 2 is 1.80 bits per heavy atom. The fourth-order valence-electron chi connectivity index (χ4n) is 2.72. The third-order valence-electron chi connectivity index (χ3n) is 4.01. The van der Waals surface area contributed by atoms with Crippen LogP contribution in [0.5, 0.6) is 5.75 Å². The van der Waals surface area contributed by atoms with Crippen molar-refractivity contribution in [2.45, 2.75) is 4.90 Å². The van der Waals surface area contributed by atoms with Gasteiger partial charge < -0.3 is 15.0 Å². The van der Waals surface area contributed by atoms with E-state index in [-0.39, 0.29) is 4.90 Å². The van der Waals surface area contributed by atoms with E-state index in [1.165, 1.54) is 0 Å². The number of benzene rings is 2. The van der Waals surface area contributed by atoms with Gasteiger partial charge in [0.2, 0.25) is 0 Å². The summed E-state index contributed by atoms with van der Waals surface area (Å²) in [7, 11) is -2.08. The summed E-state index contributed by atoms with van der Waals surface area (Å²) in [6.07, 6.45) is 0. The summed E-state index contributed by atoms with van der Waals surface area (Å²) in [5.41, 5.74) is 1.31. The van der Waals surface area contributed by atoms with Crippen molar-refractivity contribution < 1.29 is 13.2 Å². The number of piperazine rings is 1. The van der Waals surface area contributed by atoms with Crippen molar-refractivity contribution >= 4 is 37.3 Å². The van der Waals surface area contributed by atoms with Crippen molar-refractivity contribution in [1.29, 1.82) is 0 Å². The fraction of sp³-hybridized carbons (Fsp3) is 0.294. The predicted octanol–water partition coefficient (Wildman–Crippen LogP) is 2.67. The summed E-state index contributed by atoms with van der Waals surface area (Å²) < 4.78 is 34.4. The Labute approximate surface area is 156 Å². The second kappa shape index (κ2) is 7.63. The molecule has 2 aromatic rings. The zero-order chi connectivity index (χ0) is 17.9. The molecule has 0 aromatic heterocycles. The van der Waals surface area contributed by atoms with Crippen molar-refractivity contribution in [3.63, 3.8) is 0 Å². The largest absolute Gasteiger partial charge is 0.495 e. The Morgan fingerprint density at radius 1 is 1.12 bits per heavy atom. The zero-order valence-electron chi connectivity index (χ0n) is 13.8. The maximum absolute atomic E-state index is 12.7. The summed E-state index contributed by atoms with van der Waals surface area (Å²) in [4.78, 5) is 2.35. The molecule has 0 saturated carbocycles. The molecule has 8 heteroatoms. The van der Waals surface area contributed by atoms with E-state index >= 15 is 0 Å². The lowest BCUT2D eigenvalue weighted by atomic mass is 10.2. The highest BCUT2D eigenvalue weighted by atomic mass is 79.9. The molecule has 1 heterocycles. The van der Waals surface area contributed by atoms with Gasteiger partial charge in [-0.1, -0.05) is 15.9 Å². The van der Waals surface area contributed by atoms with Crippen LogP contribution in [0.25, 0.3) is 0 Å². The van der Waals surface area contributed by atoms with Gasteiger partial charge in [-0.3, -0.25) is 4.72 Å². The number of nitrogens with one attached hydrogen (secondary N) is 2. The molecule has 6 nitrogen and oxygen atoms in total. The maximum Gasteiger partial charge on any atom is 0.261 e. The molecule has 0 amide bonds. The molecule has 3 rings (SSSR count). The summed E-state index contributed by atoms with van der Waals surface area (Å²) in [5, 5.41) is 3.29. The quantitative estimate of drug-likeness (QED) is 0.770. The minimum Gasteiger partial charge on any atom is -0.495 e. The van der Waals surface area contributed by atoms with Crippen LogP contribution in [0.4, 0.5) is 11.4 Å². The van der Waals surface area contributed by atoms with E-state index in [0.717, 1.165) is 36.3 Å². The van der Waals surface area contributed by atoms with Gasteiger partial charge in [-0.15, -0.1) is 0 Å². The minimum atomic E-state index is -3.68. The lowest BCUT2D eigenvalue weighted by molar-refractivity contribution is 0.412. The van der Waals surface area contributed by atoms with Crippen molar-refractivity contribution in [2.24, 2.45) is 0 Å². The third-order valence-corrected chi connectivity index (χ3v) is 5.92. The molecule has 2 N–H and O–H groups in total. The lowest BCUT2D eigenvalue weighted by Gasteiger charge is -2.30. The van der Waals surface area contributed by atoms with E-state index in [9.17, 15) is 8.42 Å². The fourth-order valence-corrected chi connectivity index (χ4v) is 4.06. The van der Waals surface area contributed by atoms with Crippen LogP contribution in [0.2, 0.25) is 0 Å². The molecular formula is C17H20BrN3O3S. The first kappa shape index (κ1) is 18.0. The molecule has 0 bridgehead atoms. The average Bonchev–Trinajstić information content (AvgIpc) is 2.63. The van der Waals surface area contributed by atoms with Crippen molar-refractivity contribution in [2.75, 3.05) is 42.9 Å². The number of sulfonamides is 1. The first-order valence-corrected chi connectivity index (χ1v) is 10.2. The molecular weight excluding hydrogens is 406 g/mol. The summed E-state index contributed by atoms with van der Waals surface area (Å²) in [6, 6.07) is 11.9. The molecule has 0 unspecified atom stereocenters. The smallest absolute Gasteiger partial charge is 0.261 e. The molecule has 0 spiro atoms. The summed E-state index contributed by atoms with van der Waals surface area (Å²) in [6.45, 7) is 3.33. The lowest BCUT2D eigenvalue weighted by Crippen LogP contribution is -2.43. The maximum atomic E-state index is 12.7. The van der Waals surface area contributed by atoms with E-state index in [1.54, 1.807) is 49.6 Å². The molecule has 0 aliphatic carbocycles. The molecule has 1 aliphatic rings. The van der Waals surface area contributed by atoms with Gasteiger partial charge in [0.1, 0.15) is 5.75 Å². The molecule has 0 atom stereocenters. The van der Waals surface area contributed by atoms with Crippen LogP contribution in [0.3, 0.4) is 0 Å². The van der Waals surface area contributed by atoms with Crippen LogP contribution in [0, 0.1) is 0 Å². The van der Waals surface area contributed by atoms with Gasteiger partial charge in [-0.05, 0) is 42.5 Å². The normalized spacial score (nSPS) is 15.0. The number of hydrogen-bond acceptors (Lipinski definition) is 5. The number of hydrogen-bond donors (Lipinski definition) is 2. The molecule has 2 aromatic carbocycles. The van der Waals surface area contributed by atoms with Crippen LogP contribution < -0.4 is 19.7 Å². The van der Waals surface area contributed by atoms with Crippen molar-refractivity contribution in [3.8, 4) is 5.75 Å². The highest BCUT2D eigenvalue weighted by Crippen LogP contribution is 2.32. The minimum absolute atomic E-state index is 0.213. The van der Waals surface area contributed by atoms with E-state index in [4.69, 9.17) is 4.74 Å². The Bertz CT molecular complexity index is 835. The van der Waals surface area contributed by atoms with Gasteiger partial charge in [0.25, 0.3) is 10.0 Å². The highest BCUT2D eigenvalue weighted by Gasteiger charge is 2.20. The second-order valence-electron chi connectivity index (χ2n) is 5.68. The van der Waals surface area contributed by atoms with Crippen LogP contribution in [0.1, 0.15) is 0 Å². The summed E-state index contributed by atoms with van der Waals surface area (Å²) in [5.74, 6) is 0.671. The Hall–Kier alpha value is -1.77. The Kier molecular flexibility index (Phi) is 5.51. The molecule has 134 valence electrons. The van der Waals surface area contributed by atoms with Crippen LogP contribution in [0.15, 0.2) is 51.8 Å². The van der Waals surface area contributed by atoms with Gasteiger partial charge in [-0.25, -0.2) is 8.42 Å². The molecule has 1 saturated heterocycles. The summed E-state index contributed by atoms with van der Waals surface area (Å²) >= 11 is 3.34.